The number of benzene rings is 2. The molecular weight excluding hydrogens is 372 g/mol. The third-order valence-electron chi connectivity index (χ3n) is 5.24. The number of carbonyl (C=O) groups excluding carboxylic acids is 2. The second kappa shape index (κ2) is 8.43. The molecule has 2 aliphatic heterocycles. The number of hydrogen-bond donors (Lipinski definition) is 1. The van der Waals surface area contributed by atoms with Gasteiger partial charge in [-0.1, -0.05) is 24.6 Å². The number of ether oxygens (including phenoxy) is 3. The molecule has 1 atom stereocenters. The Morgan fingerprint density at radius 2 is 1.97 bits per heavy atom. The molecule has 2 aromatic rings. The molecule has 1 N–H and O–H groups in total. The van der Waals surface area contributed by atoms with Crippen molar-refractivity contribution in [2.24, 2.45) is 0 Å². The van der Waals surface area contributed by atoms with Crippen LogP contribution >= 0.6 is 0 Å². The van der Waals surface area contributed by atoms with Crippen LogP contribution in [-0.4, -0.2) is 37.2 Å². The Morgan fingerprint density at radius 1 is 1.14 bits per heavy atom. The zero-order valence-electron chi connectivity index (χ0n) is 16.3. The van der Waals surface area contributed by atoms with Crippen LogP contribution in [0.3, 0.4) is 0 Å². The van der Waals surface area contributed by atoms with E-state index in [0.29, 0.717) is 30.0 Å². The molecule has 0 spiro atoms. The molecule has 152 valence electrons. The van der Waals surface area contributed by atoms with E-state index < -0.39 is 0 Å². The number of carbonyl (C=O) groups is 2. The van der Waals surface area contributed by atoms with Crippen LogP contribution in [0.15, 0.2) is 42.5 Å². The molecule has 4 rings (SSSR count). The second-order valence-corrected chi connectivity index (χ2v) is 7.09. The maximum atomic E-state index is 13.2. The fourth-order valence-electron chi connectivity index (χ4n) is 3.70. The summed E-state index contributed by atoms with van der Waals surface area (Å²) in [5.74, 6) is 1.20. The number of nitrogens with one attached hydrogen (secondary N) is 1. The van der Waals surface area contributed by atoms with E-state index in [9.17, 15) is 9.59 Å². The van der Waals surface area contributed by atoms with E-state index in [2.05, 4.69) is 10.1 Å². The first kappa shape index (κ1) is 19.1. The predicted molar refractivity (Wildman–Crippen MR) is 107 cm³/mol. The lowest BCUT2D eigenvalue weighted by molar-refractivity contribution is -0.140. The third kappa shape index (κ3) is 3.99. The highest BCUT2D eigenvalue weighted by Crippen LogP contribution is 2.38. The summed E-state index contributed by atoms with van der Waals surface area (Å²) in [7, 11) is 1.40. The predicted octanol–water partition coefficient (Wildman–Crippen LogP) is 3.72. The minimum absolute atomic E-state index is 0.00464. The Labute approximate surface area is 169 Å². The van der Waals surface area contributed by atoms with E-state index in [-0.39, 0.29) is 24.8 Å². The number of unbranched alkanes of at least 4 members (excludes halogenated alkanes) is 2. The van der Waals surface area contributed by atoms with Crippen molar-refractivity contribution in [1.82, 2.24) is 4.90 Å². The number of esters is 1. The molecule has 1 unspecified atom stereocenters. The number of para-hydroxylation sites is 1. The van der Waals surface area contributed by atoms with E-state index in [1.54, 1.807) is 0 Å². The Morgan fingerprint density at radius 3 is 2.83 bits per heavy atom. The lowest BCUT2D eigenvalue weighted by Gasteiger charge is -2.38. The summed E-state index contributed by atoms with van der Waals surface area (Å²) >= 11 is 0. The van der Waals surface area contributed by atoms with Crippen LogP contribution in [0.1, 0.15) is 47.8 Å². The zero-order chi connectivity index (χ0) is 20.2. The van der Waals surface area contributed by atoms with Gasteiger partial charge < -0.3 is 24.4 Å². The van der Waals surface area contributed by atoms with Gasteiger partial charge in [0.1, 0.15) is 6.17 Å². The summed E-state index contributed by atoms with van der Waals surface area (Å²) in [6.07, 6.45) is 2.49. The topological polar surface area (TPSA) is 77.1 Å². The van der Waals surface area contributed by atoms with Crippen molar-refractivity contribution < 1.29 is 23.8 Å². The minimum atomic E-state index is -0.299. The number of nitrogens with zero attached hydrogens (tertiary/aromatic N) is 1. The molecule has 0 bridgehead atoms. The van der Waals surface area contributed by atoms with Crippen molar-refractivity contribution in [3.05, 3.63) is 53.6 Å². The highest BCUT2D eigenvalue weighted by molar-refractivity contribution is 6.01. The molecule has 0 fully saturated rings. The van der Waals surface area contributed by atoms with Crippen LogP contribution in [0.2, 0.25) is 0 Å². The van der Waals surface area contributed by atoms with Gasteiger partial charge in [-0.25, -0.2) is 0 Å². The quantitative estimate of drug-likeness (QED) is 0.568. The van der Waals surface area contributed by atoms with Crippen LogP contribution < -0.4 is 14.8 Å². The molecular formula is C22H24N2O5. The first-order valence-corrected chi connectivity index (χ1v) is 9.80. The lowest BCUT2D eigenvalue weighted by atomic mass is 10.0. The van der Waals surface area contributed by atoms with Gasteiger partial charge in [-0.15, -0.1) is 0 Å². The van der Waals surface area contributed by atoms with Gasteiger partial charge in [0.05, 0.1) is 12.7 Å². The van der Waals surface area contributed by atoms with E-state index in [0.717, 1.165) is 30.5 Å². The van der Waals surface area contributed by atoms with Gasteiger partial charge >= 0.3 is 5.97 Å². The first-order chi connectivity index (χ1) is 14.2. The molecule has 2 aliphatic rings. The molecule has 2 aromatic carbocycles. The summed E-state index contributed by atoms with van der Waals surface area (Å²) in [5, 5.41) is 3.49. The van der Waals surface area contributed by atoms with Crippen molar-refractivity contribution in [2.45, 2.75) is 31.8 Å². The molecule has 1 amide bonds. The van der Waals surface area contributed by atoms with Crippen molar-refractivity contribution in [3.63, 3.8) is 0 Å². The standard InChI is InChI=1S/C22H24N2O5/c1-27-20(25)9-3-2-6-12-24-21(15-10-11-18-19(13-15)29-14-28-18)23-17-8-5-4-7-16(17)22(24)26/h4-5,7-8,10-11,13,21,23H,2-3,6,9,12,14H2,1H3. The van der Waals surface area contributed by atoms with Gasteiger partial charge in [-0.3, -0.25) is 9.59 Å². The SMILES string of the molecule is COC(=O)CCCCCN1C(=O)c2ccccc2NC1c1ccc2c(c1)OCO2. The monoisotopic (exact) mass is 396 g/mol. The number of amides is 1. The molecule has 0 radical (unpaired) electrons. The first-order valence-electron chi connectivity index (χ1n) is 9.80. The van der Waals surface area contributed by atoms with Gasteiger partial charge in [0.15, 0.2) is 11.5 Å². The van der Waals surface area contributed by atoms with Crippen LogP contribution in [0.25, 0.3) is 0 Å². The normalized spacial score (nSPS) is 16.9. The van der Waals surface area contributed by atoms with E-state index in [1.165, 1.54) is 7.11 Å². The fraction of sp³-hybridized carbons (Fsp3) is 0.364. The van der Waals surface area contributed by atoms with Crippen LogP contribution in [-0.2, 0) is 9.53 Å². The highest BCUT2D eigenvalue weighted by Gasteiger charge is 2.33. The molecule has 7 heteroatoms. The molecule has 0 saturated carbocycles. The number of fused-ring (bicyclic) bond motifs is 2. The zero-order valence-corrected chi connectivity index (χ0v) is 16.3. The van der Waals surface area contributed by atoms with E-state index >= 15 is 0 Å². The van der Waals surface area contributed by atoms with Crippen LogP contribution in [0.4, 0.5) is 5.69 Å². The smallest absolute Gasteiger partial charge is 0.305 e. The maximum absolute atomic E-state index is 13.2. The Hall–Kier alpha value is -3.22. The Balaban J connectivity index is 1.52. The van der Waals surface area contributed by atoms with Crippen molar-refractivity contribution in [3.8, 4) is 11.5 Å². The number of hydrogen-bond acceptors (Lipinski definition) is 6. The molecule has 7 nitrogen and oxygen atoms in total. The van der Waals surface area contributed by atoms with Crippen molar-refractivity contribution in [2.75, 3.05) is 25.8 Å². The van der Waals surface area contributed by atoms with Crippen molar-refractivity contribution in [1.29, 1.82) is 0 Å². The largest absolute Gasteiger partial charge is 0.469 e. The van der Waals surface area contributed by atoms with Gasteiger partial charge in [0.2, 0.25) is 6.79 Å². The van der Waals surface area contributed by atoms with Gasteiger partial charge in [0.25, 0.3) is 5.91 Å². The maximum Gasteiger partial charge on any atom is 0.305 e. The number of anilines is 1. The third-order valence-corrected chi connectivity index (χ3v) is 5.24. The van der Waals surface area contributed by atoms with Gasteiger partial charge in [0, 0.05) is 18.7 Å². The summed E-state index contributed by atoms with van der Waals surface area (Å²) in [6, 6.07) is 13.3. The fourth-order valence-corrected chi connectivity index (χ4v) is 3.70. The van der Waals surface area contributed by atoms with Gasteiger partial charge in [-0.2, -0.15) is 0 Å². The van der Waals surface area contributed by atoms with E-state index in [4.69, 9.17) is 9.47 Å². The molecule has 0 saturated heterocycles. The summed E-state index contributed by atoms with van der Waals surface area (Å²) in [4.78, 5) is 26.3. The highest BCUT2D eigenvalue weighted by atomic mass is 16.7. The minimum Gasteiger partial charge on any atom is -0.469 e. The van der Waals surface area contributed by atoms with Crippen molar-refractivity contribution >= 4 is 17.6 Å². The van der Waals surface area contributed by atoms with Crippen LogP contribution in [0.5, 0.6) is 11.5 Å². The Kier molecular flexibility index (Phi) is 5.55. The number of rotatable bonds is 7. The molecule has 0 aliphatic carbocycles. The van der Waals surface area contributed by atoms with Crippen LogP contribution in [0, 0.1) is 0 Å². The summed E-state index contributed by atoms with van der Waals surface area (Å²) in [6.45, 7) is 0.795. The second-order valence-electron chi connectivity index (χ2n) is 7.09. The van der Waals surface area contributed by atoms with Gasteiger partial charge in [-0.05, 0) is 42.7 Å². The molecule has 29 heavy (non-hydrogen) atoms. The lowest BCUT2D eigenvalue weighted by Crippen LogP contribution is -2.43. The Bertz CT molecular complexity index is 914. The number of methoxy groups -OCH3 is 1. The van der Waals surface area contributed by atoms with E-state index in [1.807, 2.05) is 47.4 Å². The summed E-state index contributed by atoms with van der Waals surface area (Å²) < 4.78 is 15.6. The molecule has 0 aromatic heterocycles. The molecule has 2 heterocycles. The average Bonchev–Trinajstić information content (AvgIpc) is 3.22. The average molecular weight is 396 g/mol. The summed E-state index contributed by atoms with van der Waals surface area (Å²) in [5.41, 5.74) is 2.42.